The van der Waals surface area contributed by atoms with Gasteiger partial charge in [0.2, 0.25) is 6.54 Å². The van der Waals surface area contributed by atoms with E-state index in [9.17, 15) is 4.79 Å². The summed E-state index contributed by atoms with van der Waals surface area (Å²) in [5, 5.41) is 3.04. The highest BCUT2D eigenvalue weighted by Gasteiger charge is 2.15. The van der Waals surface area contributed by atoms with Gasteiger partial charge in [-0.15, -0.1) is 0 Å². The number of aromatic nitrogens is 1. The quantitative estimate of drug-likeness (QED) is 0.838. The fourth-order valence-corrected chi connectivity index (χ4v) is 2.34. The zero-order valence-electron chi connectivity index (χ0n) is 13.0. The van der Waals surface area contributed by atoms with Gasteiger partial charge in [0.1, 0.15) is 0 Å². The molecule has 0 aliphatic heterocycles. The summed E-state index contributed by atoms with van der Waals surface area (Å²) in [7, 11) is 0. The van der Waals surface area contributed by atoms with Crippen molar-refractivity contribution in [1.82, 2.24) is 0 Å². The maximum atomic E-state index is 12.3. The minimum Gasteiger partial charge on any atom is -0.320 e. The van der Waals surface area contributed by atoms with Gasteiger partial charge in [-0.3, -0.25) is 4.79 Å². The third-order valence-corrected chi connectivity index (χ3v) is 3.86. The summed E-state index contributed by atoms with van der Waals surface area (Å²) in [4.78, 5) is 12.3. The molecule has 0 aliphatic rings. The molecule has 1 N–H and O–H groups in total. The molecule has 3 nitrogen and oxygen atoms in total. The summed E-state index contributed by atoms with van der Waals surface area (Å²) in [6.45, 7) is 6.68. The largest absolute Gasteiger partial charge is 0.320 e. The molecule has 1 atom stereocenters. The van der Waals surface area contributed by atoms with Crippen LogP contribution in [-0.4, -0.2) is 5.91 Å². The predicted octanol–water partition coefficient (Wildman–Crippen LogP) is 3.43. The Bertz CT molecular complexity index is 622. The Balaban J connectivity index is 2.12. The Morgan fingerprint density at radius 1 is 1.19 bits per heavy atom. The van der Waals surface area contributed by atoms with Gasteiger partial charge >= 0.3 is 0 Å². The molecule has 0 fully saturated rings. The summed E-state index contributed by atoms with van der Waals surface area (Å²) < 4.78 is 1.95. The van der Waals surface area contributed by atoms with Gasteiger partial charge in [0.05, 0.1) is 0 Å². The number of nitrogens with one attached hydrogen (secondary N) is 1. The first-order valence-electron chi connectivity index (χ1n) is 7.45. The van der Waals surface area contributed by atoms with E-state index in [0.29, 0.717) is 12.5 Å². The van der Waals surface area contributed by atoms with E-state index in [1.165, 1.54) is 5.56 Å². The molecule has 0 saturated carbocycles. The summed E-state index contributed by atoms with van der Waals surface area (Å²) in [5.74, 6) is 0.442. The van der Waals surface area contributed by atoms with Crippen molar-refractivity contribution in [2.75, 3.05) is 5.32 Å². The number of hydrogen-bond acceptors (Lipinski definition) is 1. The van der Waals surface area contributed by atoms with Crippen molar-refractivity contribution in [3.8, 4) is 0 Å². The summed E-state index contributed by atoms with van der Waals surface area (Å²) in [6, 6.07) is 14.0. The minimum atomic E-state index is 0.00468. The van der Waals surface area contributed by atoms with Crippen molar-refractivity contribution in [3.05, 3.63) is 59.9 Å². The number of aryl methyl sites for hydroxylation is 1. The molecule has 0 radical (unpaired) electrons. The average molecular weight is 283 g/mol. The fourth-order valence-electron chi connectivity index (χ4n) is 2.34. The normalized spacial score (nSPS) is 12.0. The van der Waals surface area contributed by atoms with Crippen molar-refractivity contribution in [1.29, 1.82) is 0 Å². The monoisotopic (exact) mass is 283 g/mol. The third-order valence-electron chi connectivity index (χ3n) is 3.86. The Labute approximate surface area is 126 Å². The van der Waals surface area contributed by atoms with E-state index in [2.05, 4.69) is 25.2 Å². The van der Waals surface area contributed by atoms with Gasteiger partial charge in [-0.1, -0.05) is 38.1 Å². The molecule has 3 heteroatoms. The van der Waals surface area contributed by atoms with Crippen molar-refractivity contribution >= 4 is 11.6 Å². The predicted molar refractivity (Wildman–Crippen MR) is 85.2 cm³/mol. The van der Waals surface area contributed by atoms with Crippen LogP contribution >= 0.6 is 0 Å². The van der Waals surface area contributed by atoms with Crippen LogP contribution < -0.4 is 9.88 Å². The number of para-hydroxylation sites is 1. The second-order valence-electron chi connectivity index (χ2n) is 5.41. The second kappa shape index (κ2) is 7.02. The van der Waals surface area contributed by atoms with Crippen LogP contribution in [0.5, 0.6) is 0 Å². The van der Waals surface area contributed by atoms with Crippen LogP contribution in [-0.2, 0) is 11.3 Å². The van der Waals surface area contributed by atoms with Crippen molar-refractivity contribution < 1.29 is 9.36 Å². The number of pyridine rings is 1. The molecule has 2 rings (SSSR count). The van der Waals surface area contributed by atoms with E-state index >= 15 is 0 Å². The maximum absolute atomic E-state index is 12.3. The molecule has 0 spiro atoms. The van der Waals surface area contributed by atoms with Crippen LogP contribution in [0.2, 0.25) is 0 Å². The van der Waals surface area contributed by atoms with Gasteiger partial charge < -0.3 is 5.32 Å². The molecular weight excluding hydrogens is 260 g/mol. The van der Waals surface area contributed by atoms with E-state index in [0.717, 1.165) is 17.8 Å². The van der Waals surface area contributed by atoms with Crippen LogP contribution in [0.3, 0.4) is 0 Å². The zero-order valence-corrected chi connectivity index (χ0v) is 13.0. The Hall–Kier alpha value is -2.16. The number of nitrogens with zero attached hydrogens (tertiary/aromatic N) is 1. The molecule has 1 aromatic heterocycles. The highest BCUT2D eigenvalue weighted by molar-refractivity contribution is 5.90. The number of amides is 1. The first-order chi connectivity index (χ1) is 10.1. The molecular formula is C18H23N2O+. The lowest BCUT2D eigenvalue weighted by Gasteiger charge is -2.15. The van der Waals surface area contributed by atoms with Gasteiger partial charge in [-0.25, -0.2) is 0 Å². The summed E-state index contributed by atoms with van der Waals surface area (Å²) >= 11 is 0. The Kier molecular flexibility index (Phi) is 5.09. The Morgan fingerprint density at radius 3 is 2.62 bits per heavy atom. The van der Waals surface area contributed by atoms with E-state index in [1.54, 1.807) is 0 Å². The lowest BCUT2D eigenvalue weighted by Crippen LogP contribution is -2.42. The van der Waals surface area contributed by atoms with Crippen LogP contribution in [0.4, 0.5) is 5.69 Å². The number of hydrogen-bond donors (Lipinski definition) is 1. The molecule has 0 saturated heterocycles. The summed E-state index contributed by atoms with van der Waals surface area (Å²) in [6.07, 6.45) is 2.98. The molecule has 0 aliphatic carbocycles. The highest BCUT2D eigenvalue weighted by Crippen LogP contribution is 2.26. The fraction of sp³-hybridized carbons (Fsp3) is 0.333. The SMILES string of the molecule is CC[C@@H](C)c1ccccc1NC(=O)C[n+]1ccccc1C. The van der Waals surface area contributed by atoms with Crippen molar-refractivity contribution in [2.24, 2.45) is 0 Å². The van der Waals surface area contributed by atoms with Crippen LogP contribution in [0.1, 0.15) is 37.4 Å². The number of anilines is 1. The van der Waals surface area contributed by atoms with Crippen LogP contribution in [0, 0.1) is 6.92 Å². The van der Waals surface area contributed by atoms with Gasteiger partial charge in [-0.2, -0.15) is 4.57 Å². The first-order valence-corrected chi connectivity index (χ1v) is 7.45. The standard InChI is InChI=1S/C18H22N2O/c1-4-14(2)16-10-5-6-11-17(16)19-18(21)13-20-12-8-7-9-15(20)3/h5-12,14H,4,13H2,1-3H3/p+1/t14-/m1/s1. The zero-order chi connectivity index (χ0) is 15.2. The molecule has 1 aromatic carbocycles. The third kappa shape index (κ3) is 3.91. The number of benzene rings is 1. The molecule has 1 amide bonds. The van der Waals surface area contributed by atoms with Gasteiger partial charge in [0, 0.05) is 24.7 Å². The van der Waals surface area contributed by atoms with Crippen molar-refractivity contribution in [2.45, 2.75) is 39.7 Å². The van der Waals surface area contributed by atoms with E-state index in [1.807, 2.05) is 54.1 Å². The lowest BCUT2D eigenvalue weighted by molar-refractivity contribution is -0.690. The van der Waals surface area contributed by atoms with E-state index < -0.39 is 0 Å². The smallest absolute Gasteiger partial charge is 0.290 e. The topological polar surface area (TPSA) is 33.0 Å². The summed E-state index contributed by atoms with van der Waals surface area (Å²) in [5.41, 5.74) is 3.19. The molecule has 1 heterocycles. The highest BCUT2D eigenvalue weighted by atomic mass is 16.1. The first kappa shape index (κ1) is 15.2. The molecule has 0 bridgehead atoms. The molecule has 0 unspecified atom stereocenters. The van der Waals surface area contributed by atoms with E-state index in [-0.39, 0.29) is 5.91 Å². The maximum Gasteiger partial charge on any atom is 0.290 e. The minimum absolute atomic E-state index is 0.00468. The van der Waals surface area contributed by atoms with Crippen molar-refractivity contribution in [3.63, 3.8) is 0 Å². The number of carbonyl (C=O) groups is 1. The number of rotatable bonds is 5. The van der Waals surface area contributed by atoms with Crippen LogP contribution in [0.15, 0.2) is 48.7 Å². The second-order valence-corrected chi connectivity index (χ2v) is 5.41. The van der Waals surface area contributed by atoms with Gasteiger partial charge in [0.15, 0.2) is 11.9 Å². The molecule has 21 heavy (non-hydrogen) atoms. The lowest BCUT2D eigenvalue weighted by atomic mass is 9.97. The Morgan fingerprint density at radius 2 is 1.90 bits per heavy atom. The number of carbonyl (C=O) groups excluding carboxylic acids is 1. The molecule has 2 aromatic rings. The van der Waals surface area contributed by atoms with Gasteiger partial charge in [0.25, 0.3) is 5.91 Å². The average Bonchev–Trinajstić information content (AvgIpc) is 2.49. The van der Waals surface area contributed by atoms with Crippen LogP contribution in [0.25, 0.3) is 0 Å². The molecule has 110 valence electrons. The van der Waals surface area contributed by atoms with Gasteiger partial charge in [-0.05, 0) is 24.0 Å². The van der Waals surface area contributed by atoms with E-state index in [4.69, 9.17) is 0 Å².